The second kappa shape index (κ2) is 6.15. The number of rotatable bonds is 2. The van der Waals surface area contributed by atoms with Crippen molar-refractivity contribution in [1.82, 2.24) is 4.57 Å². The molecular formula is C10H14N2O5S2. The molecule has 106 valence electrons. The molecule has 0 bridgehead atoms. The Morgan fingerprint density at radius 2 is 1.95 bits per heavy atom. The number of aryl methyl sites for hydroxylation is 1. The minimum atomic E-state index is -4.16. The van der Waals surface area contributed by atoms with Crippen molar-refractivity contribution < 1.29 is 21.9 Å². The molecule has 0 fully saturated rings. The van der Waals surface area contributed by atoms with Gasteiger partial charge in [-0.25, -0.2) is 0 Å². The van der Waals surface area contributed by atoms with E-state index in [2.05, 4.69) is 4.18 Å². The van der Waals surface area contributed by atoms with E-state index in [9.17, 15) is 8.42 Å². The van der Waals surface area contributed by atoms with Gasteiger partial charge in [-0.15, -0.1) is 0 Å². The summed E-state index contributed by atoms with van der Waals surface area (Å²) >= 11 is 1.46. The van der Waals surface area contributed by atoms with Gasteiger partial charge in [0.05, 0.1) is 24.4 Å². The summed E-state index contributed by atoms with van der Waals surface area (Å²) < 4.78 is 37.8. The SMILES string of the molecule is COS(=O)(=O)O.COc1ccc2c(c1)sc(=N)n2C. The fraction of sp³-hybridized carbons (Fsp3) is 0.300. The lowest BCUT2D eigenvalue weighted by Crippen LogP contribution is -2.06. The van der Waals surface area contributed by atoms with E-state index in [4.69, 9.17) is 14.7 Å². The minimum Gasteiger partial charge on any atom is -0.497 e. The van der Waals surface area contributed by atoms with E-state index in [1.54, 1.807) is 7.11 Å². The van der Waals surface area contributed by atoms with Gasteiger partial charge in [-0.1, -0.05) is 11.3 Å². The Kier molecular flexibility index (Phi) is 5.06. The third kappa shape index (κ3) is 4.31. The van der Waals surface area contributed by atoms with E-state index >= 15 is 0 Å². The summed E-state index contributed by atoms with van der Waals surface area (Å²) in [7, 11) is 0.254. The summed E-state index contributed by atoms with van der Waals surface area (Å²) in [6, 6.07) is 5.84. The van der Waals surface area contributed by atoms with Crippen molar-refractivity contribution in [2.24, 2.45) is 7.05 Å². The van der Waals surface area contributed by atoms with Gasteiger partial charge in [0.15, 0.2) is 4.80 Å². The molecule has 2 rings (SSSR count). The largest absolute Gasteiger partial charge is 0.497 e. The number of methoxy groups -OCH3 is 1. The molecule has 7 nitrogen and oxygen atoms in total. The summed E-state index contributed by atoms with van der Waals surface area (Å²) in [5.41, 5.74) is 1.08. The van der Waals surface area contributed by atoms with Crippen LogP contribution in [0.1, 0.15) is 0 Å². The third-order valence-corrected chi connectivity index (χ3v) is 3.69. The molecule has 0 aliphatic heterocycles. The van der Waals surface area contributed by atoms with Crippen molar-refractivity contribution in [1.29, 1.82) is 5.41 Å². The topological polar surface area (TPSA) is 102 Å². The maximum absolute atomic E-state index is 9.33. The van der Waals surface area contributed by atoms with Crippen LogP contribution in [0.2, 0.25) is 0 Å². The lowest BCUT2D eigenvalue weighted by molar-refractivity contribution is 0.324. The van der Waals surface area contributed by atoms with Crippen molar-refractivity contribution in [3.05, 3.63) is 23.0 Å². The Hall–Kier alpha value is -1.42. The molecule has 19 heavy (non-hydrogen) atoms. The number of thiazole rings is 1. The molecule has 0 aliphatic carbocycles. The highest BCUT2D eigenvalue weighted by Gasteiger charge is 2.02. The van der Waals surface area contributed by atoms with Crippen molar-refractivity contribution >= 4 is 32.0 Å². The molecule has 2 N–H and O–H groups in total. The van der Waals surface area contributed by atoms with Crippen molar-refractivity contribution in [3.63, 3.8) is 0 Å². The standard InChI is InChI=1S/C9H10N2OS.CH4O4S/c1-11-7-4-3-6(12-2)5-8(7)13-9(11)10;1-5-6(2,3)4/h3-5,10H,1-2H3;1H3,(H,2,3,4). The number of aromatic nitrogens is 1. The molecule has 0 spiro atoms. The molecule has 1 heterocycles. The number of hydrogen-bond donors (Lipinski definition) is 2. The Labute approximate surface area is 114 Å². The summed E-state index contributed by atoms with van der Waals surface area (Å²) in [6.45, 7) is 0. The molecule has 1 aromatic carbocycles. The average molecular weight is 306 g/mol. The number of nitrogens with zero attached hydrogens (tertiary/aromatic N) is 1. The average Bonchev–Trinajstić information content (AvgIpc) is 2.64. The first kappa shape index (κ1) is 15.6. The van der Waals surface area contributed by atoms with Gasteiger partial charge < -0.3 is 9.30 Å². The zero-order valence-electron chi connectivity index (χ0n) is 10.6. The molecule has 0 radical (unpaired) electrons. The van der Waals surface area contributed by atoms with Crippen molar-refractivity contribution in [2.45, 2.75) is 0 Å². The van der Waals surface area contributed by atoms with E-state index in [0.29, 0.717) is 4.80 Å². The van der Waals surface area contributed by atoms with Gasteiger partial charge in [-0.05, 0) is 18.2 Å². The molecular weight excluding hydrogens is 292 g/mol. The van der Waals surface area contributed by atoms with Crippen LogP contribution in [0.4, 0.5) is 0 Å². The molecule has 0 atom stereocenters. The summed E-state index contributed by atoms with van der Waals surface area (Å²) in [5, 5.41) is 7.62. The van der Waals surface area contributed by atoms with Gasteiger partial charge in [0.2, 0.25) is 0 Å². The predicted molar refractivity (Wildman–Crippen MR) is 71.8 cm³/mol. The van der Waals surface area contributed by atoms with Crippen molar-refractivity contribution in [2.75, 3.05) is 14.2 Å². The zero-order chi connectivity index (χ0) is 14.6. The maximum atomic E-state index is 9.33. The first-order valence-electron chi connectivity index (χ1n) is 4.99. The Bertz CT molecular complexity index is 717. The van der Waals surface area contributed by atoms with Crippen LogP contribution < -0.4 is 9.54 Å². The highest BCUT2D eigenvalue weighted by Crippen LogP contribution is 2.21. The van der Waals surface area contributed by atoms with Crippen LogP contribution in [0.15, 0.2) is 18.2 Å². The van der Waals surface area contributed by atoms with Gasteiger partial charge in [-0.2, -0.15) is 8.42 Å². The number of benzene rings is 1. The smallest absolute Gasteiger partial charge is 0.397 e. The van der Waals surface area contributed by atoms with E-state index in [1.165, 1.54) is 11.3 Å². The quantitative estimate of drug-likeness (QED) is 0.811. The predicted octanol–water partition coefficient (Wildman–Crippen LogP) is 1.16. The second-order valence-electron chi connectivity index (χ2n) is 3.39. The zero-order valence-corrected chi connectivity index (χ0v) is 12.2. The van der Waals surface area contributed by atoms with Gasteiger partial charge in [0.25, 0.3) is 0 Å². The van der Waals surface area contributed by atoms with Crippen LogP contribution in [0, 0.1) is 5.41 Å². The highest BCUT2D eigenvalue weighted by atomic mass is 32.3. The fourth-order valence-corrected chi connectivity index (χ4v) is 2.19. The molecule has 0 saturated heterocycles. The van der Waals surface area contributed by atoms with Gasteiger partial charge in [-0.3, -0.25) is 14.1 Å². The Morgan fingerprint density at radius 3 is 2.42 bits per heavy atom. The van der Waals surface area contributed by atoms with Crippen LogP contribution in [-0.4, -0.2) is 31.8 Å². The monoisotopic (exact) mass is 306 g/mol. The van der Waals surface area contributed by atoms with Crippen LogP contribution >= 0.6 is 11.3 Å². The normalized spacial score (nSPS) is 10.9. The minimum absolute atomic E-state index is 0.559. The van der Waals surface area contributed by atoms with E-state index in [1.807, 2.05) is 29.8 Å². The molecule has 2 aromatic rings. The molecule has 1 aromatic heterocycles. The number of nitrogens with one attached hydrogen (secondary N) is 1. The number of ether oxygens (including phenoxy) is 1. The Balaban J connectivity index is 0.000000258. The lowest BCUT2D eigenvalue weighted by Gasteiger charge is -1.98. The number of hydrogen-bond acceptors (Lipinski definition) is 6. The first-order valence-corrected chi connectivity index (χ1v) is 7.18. The van der Waals surface area contributed by atoms with E-state index < -0.39 is 10.4 Å². The van der Waals surface area contributed by atoms with Crippen LogP contribution in [0.25, 0.3) is 10.2 Å². The maximum Gasteiger partial charge on any atom is 0.397 e. The van der Waals surface area contributed by atoms with Gasteiger partial charge in [0.1, 0.15) is 5.75 Å². The van der Waals surface area contributed by atoms with Gasteiger partial charge >= 0.3 is 10.4 Å². The van der Waals surface area contributed by atoms with Crippen LogP contribution in [0.3, 0.4) is 0 Å². The van der Waals surface area contributed by atoms with Gasteiger partial charge in [0, 0.05) is 7.05 Å². The molecule has 9 heteroatoms. The van der Waals surface area contributed by atoms with Crippen LogP contribution in [-0.2, 0) is 21.6 Å². The lowest BCUT2D eigenvalue weighted by atomic mass is 10.3. The molecule has 0 saturated carbocycles. The fourth-order valence-electron chi connectivity index (χ4n) is 1.26. The first-order chi connectivity index (χ1) is 8.78. The summed E-state index contributed by atoms with van der Waals surface area (Å²) in [5.74, 6) is 0.842. The summed E-state index contributed by atoms with van der Waals surface area (Å²) in [6.07, 6.45) is 0. The highest BCUT2D eigenvalue weighted by molar-refractivity contribution is 7.80. The van der Waals surface area contributed by atoms with Crippen molar-refractivity contribution in [3.8, 4) is 5.75 Å². The molecule has 0 unspecified atom stereocenters. The molecule has 0 aliphatic rings. The second-order valence-corrected chi connectivity index (χ2v) is 5.61. The van der Waals surface area contributed by atoms with E-state index in [-0.39, 0.29) is 0 Å². The van der Waals surface area contributed by atoms with E-state index in [0.717, 1.165) is 23.1 Å². The molecule has 0 amide bonds. The third-order valence-electron chi connectivity index (χ3n) is 2.25. The summed E-state index contributed by atoms with van der Waals surface area (Å²) in [4.78, 5) is 0.559. The number of fused-ring (bicyclic) bond motifs is 1. The van der Waals surface area contributed by atoms with Crippen LogP contribution in [0.5, 0.6) is 5.75 Å². The Morgan fingerprint density at radius 1 is 1.37 bits per heavy atom.